The van der Waals surface area contributed by atoms with Gasteiger partial charge in [-0.05, 0) is 12.8 Å². The summed E-state index contributed by atoms with van der Waals surface area (Å²) in [5.74, 6) is 0. The van der Waals surface area contributed by atoms with Crippen molar-refractivity contribution in [2.45, 2.75) is 58.0 Å². The largest absolute Gasteiger partial charge is 0.326 e. The lowest BCUT2D eigenvalue weighted by atomic mass is 10.00. The molecule has 0 aliphatic rings. The molecule has 0 aromatic rings. The molecule has 0 fully saturated rings. The third-order valence-corrected chi connectivity index (χ3v) is 2.06. The molecule has 0 aliphatic heterocycles. The molecule has 0 heterocycles. The van der Waals surface area contributed by atoms with Crippen LogP contribution in [0.3, 0.4) is 0 Å². The first-order valence-electron chi connectivity index (χ1n) is 4.73. The molecule has 2 nitrogen and oxygen atoms in total. The van der Waals surface area contributed by atoms with Gasteiger partial charge >= 0.3 is 0 Å². The van der Waals surface area contributed by atoms with Crippen molar-refractivity contribution in [3.8, 4) is 0 Å². The van der Waals surface area contributed by atoms with E-state index in [1.165, 1.54) is 12.8 Å². The zero-order valence-corrected chi connectivity index (χ0v) is 7.84. The van der Waals surface area contributed by atoms with Crippen LogP contribution in [0.2, 0.25) is 0 Å². The van der Waals surface area contributed by atoms with Gasteiger partial charge in [-0.15, -0.1) is 0 Å². The number of hydrogen-bond acceptors (Lipinski definition) is 2. The van der Waals surface area contributed by atoms with Crippen LogP contribution in [0.1, 0.15) is 46.0 Å². The highest BCUT2D eigenvalue weighted by molar-refractivity contribution is 4.74. The molecule has 0 amide bonds. The molecule has 0 bridgehead atoms. The van der Waals surface area contributed by atoms with Crippen LogP contribution < -0.4 is 11.5 Å². The Kier molecular flexibility index (Phi) is 6.57. The fourth-order valence-corrected chi connectivity index (χ4v) is 1.20. The maximum atomic E-state index is 5.86. The van der Waals surface area contributed by atoms with E-state index in [0.29, 0.717) is 0 Å². The molecule has 0 aromatic carbocycles. The molecule has 0 aromatic heterocycles. The SMILES string of the molecule is CCCC[C@@H](N)[C@@H](N)CCC. The maximum Gasteiger partial charge on any atom is 0.0192 e. The fourth-order valence-electron chi connectivity index (χ4n) is 1.20. The highest BCUT2D eigenvalue weighted by Crippen LogP contribution is 2.04. The molecule has 4 N–H and O–H groups in total. The van der Waals surface area contributed by atoms with E-state index in [-0.39, 0.29) is 12.1 Å². The summed E-state index contributed by atoms with van der Waals surface area (Å²) >= 11 is 0. The van der Waals surface area contributed by atoms with Crippen molar-refractivity contribution in [1.82, 2.24) is 0 Å². The Balaban J connectivity index is 3.38. The Morgan fingerprint density at radius 1 is 0.909 bits per heavy atom. The van der Waals surface area contributed by atoms with E-state index >= 15 is 0 Å². The topological polar surface area (TPSA) is 52.0 Å². The number of rotatable bonds is 6. The van der Waals surface area contributed by atoms with Crippen LogP contribution >= 0.6 is 0 Å². The Labute approximate surface area is 70.3 Å². The normalized spacial score (nSPS) is 16.4. The van der Waals surface area contributed by atoms with Crippen molar-refractivity contribution in [3.63, 3.8) is 0 Å². The second-order valence-corrected chi connectivity index (χ2v) is 3.26. The van der Waals surface area contributed by atoms with E-state index in [0.717, 1.165) is 19.3 Å². The lowest BCUT2D eigenvalue weighted by molar-refractivity contribution is 0.453. The van der Waals surface area contributed by atoms with E-state index < -0.39 is 0 Å². The number of unbranched alkanes of at least 4 members (excludes halogenated alkanes) is 1. The van der Waals surface area contributed by atoms with Crippen molar-refractivity contribution in [2.75, 3.05) is 0 Å². The molecule has 11 heavy (non-hydrogen) atoms. The molecular formula is C9H22N2. The first-order valence-corrected chi connectivity index (χ1v) is 4.73. The number of nitrogens with two attached hydrogens (primary N) is 2. The lowest BCUT2D eigenvalue weighted by Crippen LogP contribution is -2.41. The average Bonchev–Trinajstić information content (AvgIpc) is 2.00. The Hall–Kier alpha value is -0.0800. The first-order chi connectivity index (χ1) is 5.22. The van der Waals surface area contributed by atoms with Gasteiger partial charge in [0.2, 0.25) is 0 Å². The molecule has 0 unspecified atom stereocenters. The van der Waals surface area contributed by atoms with E-state index in [9.17, 15) is 0 Å². The summed E-state index contributed by atoms with van der Waals surface area (Å²) in [5.41, 5.74) is 11.7. The van der Waals surface area contributed by atoms with Crippen LogP contribution in [0.25, 0.3) is 0 Å². The molecule has 2 atom stereocenters. The third-order valence-electron chi connectivity index (χ3n) is 2.06. The van der Waals surface area contributed by atoms with E-state index in [1.807, 2.05) is 0 Å². The van der Waals surface area contributed by atoms with Crippen LogP contribution in [0.15, 0.2) is 0 Å². The van der Waals surface area contributed by atoms with Gasteiger partial charge in [0.05, 0.1) is 0 Å². The van der Waals surface area contributed by atoms with E-state index in [4.69, 9.17) is 11.5 Å². The number of hydrogen-bond donors (Lipinski definition) is 2. The Morgan fingerprint density at radius 2 is 1.45 bits per heavy atom. The van der Waals surface area contributed by atoms with Gasteiger partial charge in [0.15, 0.2) is 0 Å². The molecule has 0 radical (unpaired) electrons. The maximum absolute atomic E-state index is 5.86. The van der Waals surface area contributed by atoms with Crippen LogP contribution in [0.4, 0.5) is 0 Å². The van der Waals surface area contributed by atoms with Gasteiger partial charge in [0.1, 0.15) is 0 Å². The summed E-state index contributed by atoms with van der Waals surface area (Å²) in [6.07, 6.45) is 5.70. The van der Waals surface area contributed by atoms with E-state index in [1.54, 1.807) is 0 Å². The molecule has 0 spiro atoms. The van der Waals surface area contributed by atoms with Crippen molar-refractivity contribution >= 4 is 0 Å². The molecule has 0 aliphatic carbocycles. The molecule has 68 valence electrons. The predicted molar refractivity (Wildman–Crippen MR) is 50.4 cm³/mol. The monoisotopic (exact) mass is 158 g/mol. The van der Waals surface area contributed by atoms with E-state index in [2.05, 4.69) is 13.8 Å². The molecular weight excluding hydrogens is 136 g/mol. The van der Waals surface area contributed by atoms with Crippen molar-refractivity contribution < 1.29 is 0 Å². The van der Waals surface area contributed by atoms with Crippen molar-refractivity contribution in [3.05, 3.63) is 0 Å². The van der Waals surface area contributed by atoms with Gasteiger partial charge in [-0.25, -0.2) is 0 Å². The molecule has 0 rings (SSSR count). The van der Waals surface area contributed by atoms with Crippen LogP contribution in [0.5, 0.6) is 0 Å². The quantitative estimate of drug-likeness (QED) is 0.617. The molecule has 0 saturated heterocycles. The van der Waals surface area contributed by atoms with Gasteiger partial charge in [-0.2, -0.15) is 0 Å². The van der Waals surface area contributed by atoms with Crippen molar-refractivity contribution in [2.24, 2.45) is 11.5 Å². The standard InChI is InChI=1S/C9H22N2/c1-3-5-7-9(11)8(10)6-4-2/h8-9H,3-7,10-11H2,1-2H3/t8-,9+/m0/s1. The highest BCUT2D eigenvalue weighted by Gasteiger charge is 2.10. The van der Waals surface area contributed by atoms with Crippen LogP contribution in [-0.4, -0.2) is 12.1 Å². The predicted octanol–water partition coefficient (Wildman–Crippen LogP) is 1.63. The minimum atomic E-state index is 0.214. The Bertz CT molecular complexity index is 83.6. The zero-order valence-electron chi connectivity index (χ0n) is 7.84. The second kappa shape index (κ2) is 6.62. The second-order valence-electron chi connectivity index (χ2n) is 3.26. The van der Waals surface area contributed by atoms with Gasteiger partial charge in [0, 0.05) is 12.1 Å². The minimum absolute atomic E-state index is 0.214. The van der Waals surface area contributed by atoms with Crippen molar-refractivity contribution in [1.29, 1.82) is 0 Å². The van der Waals surface area contributed by atoms with Crippen LogP contribution in [-0.2, 0) is 0 Å². The third kappa shape index (κ3) is 5.22. The first kappa shape index (κ1) is 10.9. The summed E-state index contributed by atoms with van der Waals surface area (Å²) < 4.78 is 0. The Morgan fingerprint density at radius 3 is 1.91 bits per heavy atom. The summed E-state index contributed by atoms with van der Waals surface area (Å²) in [6.45, 7) is 4.32. The minimum Gasteiger partial charge on any atom is -0.326 e. The van der Waals surface area contributed by atoms with Crippen LogP contribution in [0, 0.1) is 0 Å². The average molecular weight is 158 g/mol. The summed E-state index contributed by atoms with van der Waals surface area (Å²) in [6, 6.07) is 0.432. The van der Waals surface area contributed by atoms with Gasteiger partial charge in [0.25, 0.3) is 0 Å². The fraction of sp³-hybridized carbons (Fsp3) is 1.00. The van der Waals surface area contributed by atoms with Gasteiger partial charge < -0.3 is 11.5 Å². The summed E-state index contributed by atoms with van der Waals surface area (Å²) in [5, 5.41) is 0. The van der Waals surface area contributed by atoms with Gasteiger partial charge in [-0.1, -0.05) is 33.1 Å². The zero-order chi connectivity index (χ0) is 8.69. The lowest BCUT2D eigenvalue weighted by Gasteiger charge is -2.18. The smallest absolute Gasteiger partial charge is 0.0192 e. The molecule has 0 saturated carbocycles. The molecule has 2 heteroatoms. The summed E-state index contributed by atoms with van der Waals surface area (Å²) in [7, 11) is 0. The van der Waals surface area contributed by atoms with Gasteiger partial charge in [-0.3, -0.25) is 0 Å². The highest BCUT2D eigenvalue weighted by atomic mass is 14.8. The summed E-state index contributed by atoms with van der Waals surface area (Å²) in [4.78, 5) is 0.